The molecule has 0 radical (unpaired) electrons. The summed E-state index contributed by atoms with van der Waals surface area (Å²) in [4.78, 5) is 44.0. The van der Waals surface area contributed by atoms with Gasteiger partial charge in [-0.25, -0.2) is 19.2 Å². The number of carbonyl (C=O) groups excluding carboxylic acids is 4. The zero-order chi connectivity index (χ0) is 47.1. The van der Waals surface area contributed by atoms with Crippen LogP contribution in [0.15, 0.2) is 101 Å². The summed E-state index contributed by atoms with van der Waals surface area (Å²) in [5.41, 5.74) is -1.72. The Bertz CT molecular complexity index is 1230. The minimum atomic E-state index is -0.507. The van der Waals surface area contributed by atoms with Crippen LogP contribution in [0.1, 0.15) is 120 Å². The van der Waals surface area contributed by atoms with Gasteiger partial charge in [0.1, 0.15) is 22.4 Å². The van der Waals surface area contributed by atoms with Gasteiger partial charge in [-0.15, -0.1) is 26.3 Å². The third-order valence-electron chi connectivity index (χ3n) is 7.99. The normalized spacial score (nSPS) is 11.3. The first-order valence-electron chi connectivity index (χ1n) is 20.6. The Kier molecular flexibility index (Phi) is 39.7. The largest absolute Gasteiger partial charge is 0.457 e. The van der Waals surface area contributed by atoms with Crippen molar-refractivity contribution in [3.8, 4) is 0 Å². The maximum atomic E-state index is 11.1. The number of carbonyl (C=O) groups is 4. The van der Waals surface area contributed by atoms with Crippen LogP contribution < -0.4 is 0 Å². The molecule has 10 nitrogen and oxygen atoms in total. The van der Waals surface area contributed by atoms with Crippen molar-refractivity contribution in [1.82, 2.24) is 0 Å². The molecular weight excluding hydrogens is 781 g/mol. The molecule has 11 heteroatoms. The summed E-state index contributed by atoms with van der Waals surface area (Å²) < 4.78 is 31.2. The molecule has 60 heavy (non-hydrogen) atoms. The molecule has 0 aliphatic rings. The van der Waals surface area contributed by atoms with Gasteiger partial charge in [0.2, 0.25) is 0 Å². The van der Waals surface area contributed by atoms with Crippen molar-refractivity contribution in [2.24, 2.45) is 5.92 Å². The highest BCUT2D eigenvalue weighted by molar-refractivity contribution is 7.99. The molecule has 0 saturated carbocycles. The average molecular weight is 863 g/mol. The molecule has 0 aliphatic heterocycles. The molecule has 0 rings (SSSR count). The number of rotatable bonds is 31. The quantitative estimate of drug-likeness (QED) is 0.0217. The van der Waals surface area contributed by atoms with Gasteiger partial charge in [-0.2, -0.15) is 11.8 Å². The van der Waals surface area contributed by atoms with Crippen LogP contribution >= 0.6 is 11.8 Å². The molecule has 0 aliphatic carbocycles. The van der Waals surface area contributed by atoms with Crippen LogP contribution in [0.3, 0.4) is 0 Å². The van der Waals surface area contributed by atoms with Gasteiger partial charge in [0.15, 0.2) is 0 Å². The second-order valence-electron chi connectivity index (χ2n) is 16.0. The highest BCUT2D eigenvalue weighted by Crippen LogP contribution is 2.22. The van der Waals surface area contributed by atoms with Crippen molar-refractivity contribution in [2.45, 2.75) is 143 Å². The standard InChI is InChI=1S/C14H24O3.C13H22O2.C11H18O3.C11H18O2S/c1-5-11-16-12-9-7-8-10-14(3,4)17-13(15)6-2;1-6-11(3)9-8-10-13(4,5)15-12(14)7-2;1-5-8-13-9-7-11(3,4)14-10(12)6-2;1-5-8-14-9-7-11(3,4)13-10(12)6-2/h5-6H,1-2,7-12H2,3-4H3;6-7,11H,1-2,8-10H2,3-5H3;2*5-6H,1-2,7-9H2,3-4H3. The molecular formula is C49H82O10S. The van der Waals surface area contributed by atoms with Crippen LogP contribution in [-0.2, 0) is 47.6 Å². The topological polar surface area (TPSA) is 124 Å². The molecule has 1 atom stereocenters. The van der Waals surface area contributed by atoms with E-state index in [0.29, 0.717) is 32.2 Å². The molecule has 0 bridgehead atoms. The van der Waals surface area contributed by atoms with E-state index in [1.165, 1.54) is 18.2 Å². The Morgan fingerprint density at radius 3 is 1.27 bits per heavy atom. The summed E-state index contributed by atoms with van der Waals surface area (Å²) in [5.74, 6) is 0.953. The van der Waals surface area contributed by atoms with E-state index in [0.717, 1.165) is 75.6 Å². The summed E-state index contributed by atoms with van der Waals surface area (Å²) in [6, 6.07) is 0. The predicted octanol–water partition coefficient (Wildman–Crippen LogP) is 11.6. The molecule has 0 saturated heterocycles. The smallest absolute Gasteiger partial charge is 0.330 e. The van der Waals surface area contributed by atoms with Crippen LogP contribution in [0.25, 0.3) is 0 Å². The van der Waals surface area contributed by atoms with Gasteiger partial charge < -0.3 is 28.4 Å². The Balaban J connectivity index is -0.000000350. The van der Waals surface area contributed by atoms with Gasteiger partial charge in [-0.05, 0) is 112 Å². The average Bonchev–Trinajstić information content (AvgIpc) is 3.17. The molecule has 0 fully saturated rings. The molecule has 1 unspecified atom stereocenters. The second kappa shape index (κ2) is 38.0. The number of hydrogen-bond acceptors (Lipinski definition) is 11. The monoisotopic (exact) mass is 863 g/mol. The van der Waals surface area contributed by atoms with Gasteiger partial charge in [-0.1, -0.05) is 64.0 Å². The molecule has 0 aromatic heterocycles. The zero-order valence-electron chi connectivity index (χ0n) is 39.0. The summed E-state index contributed by atoms with van der Waals surface area (Å²) in [6.45, 7) is 47.7. The van der Waals surface area contributed by atoms with Crippen LogP contribution in [0, 0.1) is 5.92 Å². The van der Waals surface area contributed by atoms with Gasteiger partial charge in [0.05, 0.1) is 19.8 Å². The van der Waals surface area contributed by atoms with Gasteiger partial charge in [0, 0.05) is 43.1 Å². The van der Waals surface area contributed by atoms with Crippen LogP contribution in [-0.4, -0.2) is 84.2 Å². The fraction of sp³-hybridized carbons (Fsp3) is 0.592. The van der Waals surface area contributed by atoms with Crippen molar-refractivity contribution in [3.63, 3.8) is 0 Å². The molecule has 0 amide bonds. The third-order valence-corrected chi connectivity index (χ3v) is 8.95. The number of hydrogen-bond donors (Lipinski definition) is 0. The van der Waals surface area contributed by atoms with Crippen LogP contribution in [0.4, 0.5) is 0 Å². The van der Waals surface area contributed by atoms with Crippen molar-refractivity contribution >= 4 is 35.6 Å². The second-order valence-corrected chi connectivity index (χ2v) is 17.2. The van der Waals surface area contributed by atoms with Crippen molar-refractivity contribution in [3.05, 3.63) is 101 Å². The molecule has 0 aromatic carbocycles. The van der Waals surface area contributed by atoms with Crippen molar-refractivity contribution in [1.29, 1.82) is 0 Å². The molecule has 0 spiro atoms. The number of esters is 4. The van der Waals surface area contributed by atoms with Gasteiger partial charge in [-0.3, -0.25) is 0 Å². The zero-order valence-corrected chi connectivity index (χ0v) is 39.8. The SMILES string of the molecule is C=CC(=O)OC(C)(C)CCCC(C)C=C.C=CCOCCC(C)(C)OC(=O)C=C.C=CCOCCCCCC(C)(C)OC(=O)C=C.C=CCSCCC(C)(C)OC(=O)C=C. The van der Waals surface area contributed by atoms with Crippen LogP contribution in [0.5, 0.6) is 0 Å². The Morgan fingerprint density at radius 1 is 0.500 bits per heavy atom. The van der Waals surface area contributed by atoms with E-state index in [2.05, 4.69) is 59.6 Å². The molecule has 344 valence electrons. The third kappa shape index (κ3) is 46.8. The first-order chi connectivity index (χ1) is 28.0. The van der Waals surface area contributed by atoms with Crippen molar-refractivity contribution in [2.75, 3.05) is 37.9 Å². The van der Waals surface area contributed by atoms with Gasteiger partial charge >= 0.3 is 23.9 Å². The van der Waals surface area contributed by atoms with E-state index < -0.39 is 28.4 Å². The number of thioether (sulfide) groups is 1. The molecule has 0 aromatic rings. The Labute approximate surface area is 369 Å². The maximum Gasteiger partial charge on any atom is 0.330 e. The summed E-state index contributed by atoms with van der Waals surface area (Å²) in [6.07, 6.45) is 20.5. The first-order valence-corrected chi connectivity index (χ1v) is 21.7. The summed E-state index contributed by atoms with van der Waals surface area (Å²) in [7, 11) is 0. The van der Waals surface area contributed by atoms with Crippen LogP contribution in [0.2, 0.25) is 0 Å². The minimum absolute atomic E-state index is 0.350. The summed E-state index contributed by atoms with van der Waals surface area (Å²) in [5, 5.41) is 0. The maximum absolute atomic E-state index is 11.1. The van der Waals surface area contributed by atoms with E-state index in [4.69, 9.17) is 28.4 Å². The number of unbranched alkanes of at least 4 members (excludes halogenated alkanes) is 2. The number of allylic oxidation sites excluding steroid dienone is 1. The van der Waals surface area contributed by atoms with E-state index in [1.807, 2.05) is 67.5 Å². The first kappa shape index (κ1) is 62.7. The van der Waals surface area contributed by atoms with E-state index in [9.17, 15) is 19.2 Å². The fourth-order valence-corrected chi connectivity index (χ4v) is 5.46. The van der Waals surface area contributed by atoms with Crippen molar-refractivity contribution < 1.29 is 47.6 Å². The van der Waals surface area contributed by atoms with E-state index in [-0.39, 0.29) is 17.9 Å². The highest BCUT2D eigenvalue weighted by atomic mass is 32.2. The molecule has 0 N–H and O–H groups in total. The molecule has 0 heterocycles. The minimum Gasteiger partial charge on any atom is -0.457 e. The van der Waals surface area contributed by atoms with Gasteiger partial charge in [0.25, 0.3) is 0 Å². The lowest BCUT2D eigenvalue weighted by molar-refractivity contribution is -0.152. The summed E-state index contributed by atoms with van der Waals surface area (Å²) >= 11 is 1.78. The van der Waals surface area contributed by atoms with E-state index in [1.54, 1.807) is 23.9 Å². The highest BCUT2D eigenvalue weighted by Gasteiger charge is 2.23. The predicted molar refractivity (Wildman–Crippen MR) is 252 cm³/mol. The number of ether oxygens (including phenoxy) is 6. The Morgan fingerprint density at radius 2 is 0.883 bits per heavy atom. The Hall–Kier alpha value is -3.93. The lowest BCUT2D eigenvalue weighted by Crippen LogP contribution is -2.28. The fourth-order valence-electron chi connectivity index (χ4n) is 4.50. The lowest BCUT2D eigenvalue weighted by Gasteiger charge is -2.24. The van der Waals surface area contributed by atoms with E-state index >= 15 is 0 Å². The lowest BCUT2D eigenvalue weighted by atomic mass is 9.97.